The van der Waals surface area contributed by atoms with E-state index in [9.17, 15) is 19.2 Å². The second kappa shape index (κ2) is 11.5. The number of hydrogen-bond donors (Lipinski definition) is 0. The molecule has 36 heavy (non-hydrogen) atoms. The molecule has 0 aromatic heterocycles. The first-order valence-electron chi connectivity index (χ1n) is 11.3. The molecule has 0 bridgehead atoms. The molecule has 6 nitrogen and oxygen atoms in total. The lowest BCUT2D eigenvalue weighted by molar-refractivity contribution is 0.0264. The maximum atomic E-state index is 12.8. The first-order valence-corrected chi connectivity index (χ1v) is 11.3. The Kier molecular flexibility index (Phi) is 7.78. The van der Waals surface area contributed by atoms with Crippen LogP contribution >= 0.6 is 0 Å². The summed E-state index contributed by atoms with van der Waals surface area (Å²) in [5, 5.41) is 0. The predicted octanol–water partition coefficient (Wildman–Crippen LogP) is 5.16. The van der Waals surface area contributed by atoms with Crippen LogP contribution in [0.15, 0.2) is 109 Å². The largest absolute Gasteiger partial charge is 0.458 e. The molecule has 0 unspecified atom stereocenters. The Hall–Kier alpha value is -4.84. The molecule has 6 heteroatoms. The number of rotatable bonds is 9. The van der Waals surface area contributed by atoms with Gasteiger partial charge in [0.25, 0.3) is 0 Å². The minimum Gasteiger partial charge on any atom is -0.458 e. The van der Waals surface area contributed by atoms with Gasteiger partial charge in [0.05, 0.1) is 11.1 Å². The van der Waals surface area contributed by atoms with E-state index in [-0.39, 0.29) is 47.0 Å². The highest BCUT2D eigenvalue weighted by atomic mass is 16.6. The minimum absolute atomic E-state index is 0.122. The Morgan fingerprint density at radius 1 is 0.417 bits per heavy atom. The van der Waals surface area contributed by atoms with E-state index in [1.807, 2.05) is 0 Å². The zero-order valence-electron chi connectivity index (χ0n) is 19.3. The summed E-state index contributed by atoms with van der Waals surface area (Å²) in [6.45, 7) is -0.430. The Morgan fingerprint density at radius 3 is 1.08 bits per heavy atom. The van der Waals surface area contributed by atoms with E-state index in [1.54, 1.807) is 97.1 Å². The van der Waals surface area contributed by atoms with Gasteiger partial charge in [-0.3, -0.25) is 9.59 Å². The molecule has 0 atom stereocenters. The molecule has 0 aliphatic rings. The van der Waals surface area contributed by atoms with Crippen molar-refractivity contribution in [3.05, 3.63) is 143 Å². The van der Waals surface area contributed by atoms with Gasteiger partial charge < -0.3 is 9.47 Å². The molecular formula is C30H22O6. The predicted molar refractivity (Wildman–Crippen MR) is 133 cm³/mol. The van der Waals surface area contributed by atoms with Crippen molar-refractivity contribution in [3.8, 4) is 0 Å². The number of carbonyl (C=O) groups excluding carboxylic acids is 4. The molecule has 0 aliphatic heterocycles. The van der Waals surface area contributed by atoms with Crippen LogP contribution in [0.3, 0.4) is 0 Å². The monoisotopic (exact) mass is 478 g/mol. The van der Waals surface area contributed by atoms with E-state index >= 15 is 0 Å². The summed E-state index contributed by atoms with van der Waals surface area (Å²) in [6, 6.07) is 30.0. The molecule has 0 saturated carbocycles. The highest BCUT2D eigenvalue weighted by Gasteiger charge is 2.21. The Bertz CT molecular complexity index is 1280. The first kappa shape index (κ1) is 24.3. The van der Waals surface area contributed by atoms with Gasteiger partial charge in [0.15, 0.2) is 11.6 Å². The van der Waals surface area contributed by atoms with Crippen LogP contribution in [0.4, 0.5) is 0 Å². The summed E-state index contributed by atoms with van der Waals surface area (Å²) in [4.78, 5) is 51.0. The smallest absolute Gasteiger partial charge is 0.339 e. The van der Waals surface area contributed by atoms with Crippen molar-refractivity contribution in [3.63, 3.8) is 0 Å². The van der Waals surface area contributed by atoms with E-state index in [0.717, 1.165) is 0 Å². The Balaban J connectivity index is 1.37. The maximum absolute atomic E-state index is 12.8. The number of ether oxygens (including phenoxy) is 2. The zero-order valence-corrected chi connectivity index (χ0v) is 19.3. The molecular weight excluding hydrogens is 456 g/mol. The van der Waals surface area contributed by atoms with E-state index < -0.39 is 11.9 Å². The van der Waals surface area contributed by atoms with Gasteiger partial charge in [0, 0.05) is 22.3 Å². The first-order chi connectivity index (χ1) is 17.6. The van der Waals surface area contributed by atoms with Crippen molar-refractivity contribution in [2.24, 2.45) is 0 Å². The van der Waals surface area contributed by atoms with Crippen LogP contribution in [0.5, 0.6) is 0 Å². The standard InChI is InChI=1S/C30H22O6/c31-27(21-11-3-1-4-12-21)23-15-7-9-17-25(23)29(33)35-19-20-36-30(34)26-18-10-8-16-24(26)28(32)22-13-5-2-6-14-22/h1-18H,19-20H2. The number of hydrogen-bond acceptors (Lipinski definition) is 6. The molecule has 0 spiro atoms. The van der Waals surface area contributed by atoms with E-state index in [0.29, 0.717) is 11.1 Å². The molecule has 4 aromatic rings. The van der Waals surface area contributed by atoms with Crippen molar-refractivity contribution in [2.45, 2.75) is 0 Å². The summed E-state index contributed by atoms with van der Waals surface area (Å²) < 4.78 is 10.5. The van der Waals surface area contributed by atoms with Crippen molar-refractivity contribution in [2.75, 3.05) is 13.2 Å². The van der Waals surface area contributed by atoms with Crippen molar-refractivity contribution >= 4 is 23.5 Å². The van der Waals surface area contributed by atoms with Crippen molar-refractivity contribution < 1.29 is 28.7 Å². The van der Waals surface area contributed by atoms with Crippen LogP contribution < -0.4 is 0 Å². The fraction of sp³-hybridized carbons (Fsp3) is 0.0667. The number of esters is 2. The third kappa shape index (κ3) is 5.62. The van der Waals surface area contributed by atoms with Gasteiger partial charge in [-0.2, -0.15) is 0 Å². The summed E-state index contributed by atoms with van der Waals surface area (Å²) >= 11 is 0. The average molecular weight is 479 g/mol. The molecule has 178 valence electrons. The van der Waals surface area contributed by atoms with Gasteiger partial charge in [-0.25, -0.2) is 9.59 Å². The quantitative estimate of drug-likeness (QED) is 0.188. The summed E-state index contributed by atoms with van der Waals surface area (Å²) in [5.41, 5.74) is 1.59. The van der Waals surface area contributed by atoms with Crippen LogP contribution in [0.25, 0.3) is 0 Å². The summed E-state index contributed by atoms with van der Waals surface area (Å²) in [7, 11) is 0. The van der Waals surface area contributed by atoms with Gasteiger partial charge in [0.1, 0.15) is 13.2 Å². The fourth-order valence-corrected chi connectivity index (χ4v) is 3.63. The Morgan fingerprint density at radius 2 is 0.722 bits per heavy atom. The molecule has 0 saturated heterocycles. The SMILES string of the molecule is O=C(OCCOC(=O)c1ccccc1C(=O)c1ccccc1)c1ccccc1C(=O)c1ccccc1. The van der Waals surface area contributed by atoms with Crippen LogP contribution in [-0.2, 0) is 9.47 Å². The molecule has 4 aromatic carbocycles. The second-order valence-electron chi connectivity index (χ2n) is 7.75. The van der Waals surface area contributed by atoms with Crippen LogP contribution in [0.1, 0.15) is 52.6 Å². The molecule has 0 radical (unpaired) electrons. The van der Waals surface area contributed by atoms with Crippen molar-refractivity contribution in [1.82, 2.24) is 0 Å². The van der Waals surface area contributed by atoms with Gasteiger partial charge in [-0.1, -0.05) is 97.1 Å². The fourth-order valence-electron chi connectivity index (χ4n) is 3.63. The zero-order chi connectivity index (χ0) is 25.3. The van der Waals surface area contributed by atoms with Crippen LogP contribution in [0, 0.1) is 0 Å². The van der Waals surface area contributed by atoms with Crippen LogP contribution in [0.2, 0.25) is 0 Å². The number of benzene rings is 4. The lowest BCUT2D eigenvalue weighted by Gasteiger charge is -2.11. The van der Waals surface area contributed by atoms with Gasteiger partial charge in [-0.05, 0) is 12.1 Å². The highest BCUT2D eigenvalue weighted by Crippen LogP contribution is 2.17. The third-order valence-corrected chi connectivity index (χ3v) is 5.40. The number of ketones is 2. The molecule has 4 rings (SSSR count). The highest BCUT2D eigenvalue weighted by molar-refractivity contribution is 6.15. The Labute approximate surface area is 208 Å². The molecule has 0 aliphatic carbocycles. The molecule has 0 fully saturated rings. The van der Waals surface area contributed by atoms with E-state index in [1.165, 1.54) is 12.1 Å². The normalized spacial score (nSPS) is 10.3. The van der Waals surface area contributed by atoms with Crippen molar-refractivity contribution in [1.29, 1.82) is 0 Å². The lowest BCUT2D eigenvalue weighted by Crippen LogP contribution is -2.18. The van der Waals surface area contributed by atoms with Gasteiger partial charge >= 0.3 is 11.9 Å². The minimum atomic E-state index is -0.703. The summed E-state index contributed by atoms with van der Waals surface area (Å²) in [5.74, 6) is -2.00. The van der Waals surface area contributed by atoms with E-state index in [4.69, 9.17) is 9.47 Å². The molecule has 0 heterocycles. The summed E-state index contributed by atoms with van der Waals surface area (Å²) in [6.07, 6.45) is 0. The average Bonchev–Trinajstić information content (AvgIpc) is 2.95. The van der Waals surface area contributed by atoms with Gasteiger partial charge in [-0.15, -0.1) is 0 Å². The molecule has 0 N–H and O–H groups in total. The molecule has 0 amide bonds. The lowest BCUT2D eigenvalue weighted by atomic mass is 9.98. The van der Waals surface area contributed by atoms with Crippen LogP contribution in [-0.4, -0.2) is 36.7 Å². The number of carbonyl (C=O) groups is 4. The second-order valence-corrected chi connectivity index (χ2v) is 7.75. The topological polar surface area (TPSA) is 86.7 Å². The maximum Gasteiger partial charge on any atom is 0.339 e. The van der Waals surface area contributed by atoms with E-state index in [2.05, 4.69) is 0 Å². The third-order valence-electron chi connectivity index (χ3n) is 5.40. The van der Waals surface area contributed by atoms with Gasteiger partial charge in [0.2, 0.25) is 0 Å².